The maximum Gasteiger partial charge on any atom is 0.283 e. The maximum absolute atomic E-state index is 12.7. The van der Waals surface area contributed by atoms with Crippen LogP contribution in [0.25, 0.3) is 0 Å². The van der Waals surface area contributed by atoms with E-state index >= 15 is 0 Å². The van der Waals surface area contributed by atoms with Gasteiger partial charge in [-0.1, -0.05) is 26.8 Å². The summed E-state index contributed by atoms with van der Waals surface area (Å²) in [6.45, 7) is 7.53. The van der Waals surface area contributed by atoms with Crippen LogP contribution in [0, 0.1) is 23.2 Å². The molecule has 2 bridgehead atoms. The van der Waals surface area contributed by atoms with Crippen molar-refractivity contribution in [3.63, 3.8) is 0 Å². The van der Waals surface area contributed by atoms with Gasteiger partial charge in [-0.15, -0.1) is 11.3 Å². The number of nitrogens with one attached hydrogen (secondary N) is 2. The second-order valence-electron chi connectivity index (χ2n) is 9.22. The number of fused-ring (bicyclic) bond motifs is 2. The fraction of sp³-hybridized carbons (Fsp3) is 0.591. The normalized spacial score (nSPS) is 26.7. The molecule has 3 aliphatic carbocycles. The number of aromatic nitrogens is 2. The summed E-state index contributed by atoms with van der Waals surface area (Å²) in [7, 11) is 0. The molecule has 5 rings (SSSR count). The first-order valence-corrected chi connectivity index (χ1v) is 12.3. The molecule has 6 nitrogen and oxygen atoms in total. The van der Waals surface area contributed by atoms with Crippen LogP contribution in [0.4, 0.5) is 5.69 Å². The van der Waals surface area contributed by atoms with Crippen molar-refractivity contribution in [1.82, 2.24) is 15.1 Å². The number of carbonyl (C=O) groups is 1. The minimum Gasteiger partial charge on any atom is -0.380 e. The summed E-state index contributed by atoms with van der Waals surface area (Å²) in [5.74, 6) is 1.80. The van der Waals surface area contributed by atoms with Gasteiger partial charge in [-0.25, -0.2) is 4.68 Å². The van der Waals surface area contributed by atoms with E-state index in [1.807, 2.05) is 17.5 Å². The Bertz CT molecular complexity index is 972. The third-order valence-corrected chi connectivity index (χ3v) is 8.95. The second-order valence-corrected chi connectivity index (χ2v) is 11.0. The summed E-state index contributed by atoms with van der Waals surface area (Å²) >= 11 is 5.10. The molecular formula is C22H29BrN4O2S. The molecule has 0 spiro atoms. The topological polar surface area (TPSA) is 76.0 Å². The lowest BCUT2D eigenvalue weighted by Gasteiger charge is -2.62. The minimum atomic E-state index is -0.289. The monoisotopic (exact) mass is 492 g/mol. The molecular weight excluding hydrogens is 464 g/mol. The van der Waals surface area contributed by atoms with Crippen molar-refractivity contribution >= 4 is 38.9 Å². The van der Waals surface area contributed by atoms with Crippen LogP contribution in [0.3, 0.4) is 0 Å². The Morgan fingerprint density at radius 2 is 2.20 bits per heavy atom. The molecule has 30 heavy (non-hydrogen) atoms. The Kier molecular flexibility index (Phi) is 6.08. The van der Waals surface area contributed by atoms with Crippen LogP contribution in [0.1, 0.15) is 38.5 Å². The third-order valence-electron chi connectivity index (χ3n) is 7.25. The fourth-order valence-electron chi connectivity index (χ4n) is 5.19. The molecule has 2 aromatic rings. The van der Waals surface area contributed by atoms with E-state index in [1.165, 1.54) is 16.0 Å². The van der Waals surface area contributed by atoms with E-state index in [2.05, 4.69) is 52.4 Å². The lowest BCUT2D eigenvalue weighted by Crippen LogP contribution is -2.58. The summed E-state index contributed by atoms with van der Waals surface area (Å²) in [6, 6.07) is 4.38. The number of hydrogen-bond donors (Lipinski definition) is 2. The highest BCUT2D eigenvalue weighted by Gasteiger charge is 2.56. The molecule has 0 unspecified atom stereocenters. The molecule has 2 N–H and O–H groups in total. The number of amides is 1. The van der Waals surface area contributed by atoms with Gasteiger partial charge < -0.3 is 10.6 Å². The van der Waals surface area contributed by atoms with Crippen molar-refractivity contribution in [3.8, 4) is 0 Å². The Morgan fingerprint density at radius 3 is 2.87 bits per heavy atom. The van der Waals surface area contributed by atoms with Crippen LogP contribution in [0.15, 0.2) is 33.0 Å². The molecule has 8 heteroatoms. The van der Waals surface area contributed by atoms with Crippen LogP contribution in [0.5, 0.6) is 0 Å². The number of nitrogens with zero attached hydrogens (tertiary/aromatic N) is 2. The van der Waals surface area contributed by atoms with E-state index < -0.39 is 0 Å². The third kappa shape index (κ3) is 4.08. The molecule has 3 saturated carbocycles. The lowest BCUT2D eigenvalue weighted by molar-refractivity contribution is -0.121. The van der Waals surface area contributed by atoms with E-state index in [1.54, 1.807) is 17.5 Å². The Balaban J connectivity index is 1.35. The van der Waals surface area contributed by atoms with Crippen LogP contribution in [0.2, 0.25) is 0 Å². The SMILES string of the molecule is C[C@@H]1[C@H]2C[C@@H](C[C@H]1Nc1cnn(CC(=O)NCCc3cccs3)c(=O)c1Br)C2(C)C. The molecule has 3 fully saturated rings. The number of halogens is 1. The number of carbonyl (C=O) groups excluding carboxylic acids is 1. The van der Waals surface area contributed by atoms with E-state index in [9.17, 15) is 9.59 Å². The standard InChI is InChI=1S/C22H29BrN4O2S/c1-13-16-9-14(22(16,2)3)10-17(13)26-18-11-25-27(21(29)20(18)23)12-19(28)24-7-6-15-5-4-8-30-15/h4-5,8,11,13-14,16-17,26H,6-7,9-10,12H2,1-3H3,(H,24,28)/t13-,14+,16-,17-/m1/s1. The first-order chi connectivity index (χ1) is 14.3. The van der Waals surface area contributed by atoms with Gasteiger partial charge in [0.05, 0.1) is 11.9 Å². The van der Waals surface area contributed by atoms with Gasteiger partial charge >= 0.3 is 0 Å². The lowest BCUT2D eigenvalue weighted by atomic mass is 9.45. The van der Waals surface area contributed by atoms with Gasteiger partial charge in [-0.05, 0) is 69.8 Å². The van der Waals surface area contributed by atoms with Gasteiger partial charge in [-0.2, -0.15) is 5.10 Å². The highest BCUT2D eigenvalue weighted by molar-refractivity contribution is 9.10. The largest absolute Gasteiger partial charge is 0.380 e. The average Bonchev–Trinajstić information content (AvgIpc) is 3.22. The van der Waals surface area contributed by atoms with Gasteiger partial charge in [0.15, 0.2) is 0 Å². The molecule has 0 aliphatic heterocycles. The summed E-state index contributed by atoms with van der Waals surface area (Å²) in [6.07, 6.45) is 4.88. The highest BCUT2D eigenvalue weighted by atomic mass is 79.9. The Hall–Kier alpha value is -1.67. The molecule has 0 saturated heterocycles. The predicted octanol–water partition coefficient (Wildman–Crippen LogP) is 3.91. The van der Waals surface area contributed by atoms with E-state index in [0.29, 0.717) is 34.1 Å². The fourth-order valence-corrected chi connectivity index (χ4v) is 6.32. The number of anilines is 1. The molecule has 1 amide bonds. The summed E-state index contributed by atoms with van der Waals surface area (Å²) in [4.78, 5) is 26.2. The van der Waals surface area contributed by atoms with Crippen LogP contribution in [-0.2, 0) is 17.8 Å². The van der Waals surface area contributed by atoms with Gasteiger partial charge in [0.25, 0.3) is 5.56 Å². The average molecular weight is 493 g/mol. The van der Waals surface area contributed by atoms with Crippen LogP contribution in [-0.4, -0.2) is 28.3 Å². The summed E-state index contributed by atoms with van der Waals surface area (Å²) in [5, 5.41) is 12.7. The van der Waals surface area contributed by atoms with Gasteiger partial charge in [0.2, 0.25) is 5.91 Å². The molecule has 162 valence electrons. The van der Waals surface area contributed by atoms with Crippen LogP contribution >= 0.6 is 27.3 Å². The van der Waals surface area contributed by atoms with Gasteiger partial charge in [0, 0.05) is 17.5 Å². The zero-order chi connectivity index (χ0) is 21.5. The Labute approximate surface area is 189 Å². The van der Waals surface area contributed by atoms with Crippen molar-refractivity contribution < 1.29 is 4.79 Å². The van der Waals surface area contributed by atoms with Crippen molar-refractivity contribution in [2.45, 2.75) is 52.6 Å². The number of rotatable bonds is 7. The first kappa shape index (κ1) is 21.6. The Morgan fingerprint density at radius 1 is 1.40 bits per heavy atom. The molecule has 2 aromatic heterocycles. The van der Waals surface area contributed by atoms with E-state index in [4.69, 9.17) is 0 Å². The quantitative estimate of drug-likeness (QED) is 0.614. The number of hydrogen-bond acceptors (Lipinski definition) is 5. The van der Waals surface area contributed by atoms with Crippen molar-refractivity contribution in [1.29, 1.82) is 0 Å². The molecule has 3 aliphatic rings. The maximum atomic E-state index is 12.7. The van der Waals surface area contributed by atoms with Gasteiger partial charge in [-0.3, -0.25) is 9.59 Å². The molecule has 0 radical (unpaired) electrons. The molecule has 4 atom stereocenters. The number of thiophene rings is 1. The highest BCUT2D eigenvalue weighted by Crippen LogP contribution is 2.61. The minimum absolute atomic E-state index is 0.0830. The van der Waals surface area contributed by atoms with Crippen molar-refractivity contribution in [2.24, 2.45) is 23.2 Å². The first-order valence-electron chi connectivity index (χ1n) is 10.6. The molecule has 2 heterocycles. The second kappa shape index (κ2) is 8.46. The zero-order valence-corrected chi connectivity index (χ0v) is 20.1. The van der Waals surface area contributed by atoms with Crippen molar-refractivity contribution in [3.05, 3.63) is 43.4 Å². The van der Waals surface area contributed by atoms with Gasteiger partial charge in [0.1, 0.15) is 11.0 Å². The van der Waals surface area contributed by atoms with Crippen molar-refractivity contribution in [2.75, 3.05) is 11.9 Å². The van der Waals surface area contributed by atoms with E-state index in [0.717, 1.165) is 24.7 Å². The predicted molar refractivity (Wildman–Crippen MR) is 124 cm³/mol. The van der Waals surface area contributed by atoms with Crippen LogP contribution < -0.4 is 16.2 Å². The zero-order valence-electron chi connectivity index (χ0n) is 17.7. The van der Waals surface area contributed by atoms with E-state index in [-0.39, 0.29) is 18.0 Å². The molecule has 0 aromatic carbocycles. The summed E-state index contributed by atoms with van der Waals surface area (Å²) in [5.41, 5.74) is 0.848. The smallest absolute Gasteiger partial charge is 0.283 e. The summed E-state index contributed by atoms with van der Waals surface area (Å²) < 4.78 is 1.65.